The van der Waals surface area contributed by atoms with E-state index in [2.05, 4.69) is 5.32 Å². The summed E-state index contributed by atoms with van der Waals surface area (Å²) in [6, 6.07) is 4.75. The van der Waals surface area contributed by atoms with Gasteiger partial charge in [0.15, 0.2) is 0 Å². The van der Waals surface area contributed by atoms with Crippen molar-refractivity contribution in [1.29, 1.82) is 0 Å². The van der Waals surface area contributed by atoms with Crippen LogP contribution in [0, 0.1) is 0 Å². The lowest BCUT2D eigenvalue weighted by atomic mass is 10.3. The highest BCUT2D eigenvalue weighted by Crippen LogP contribution is 2.29. The maximum atomic E-state index is 11.2. The molecule has 1 amide bonds. The molecule has 0 atom stereocenters. The molecule has 6 heteroatoms. The zero-order chi connectivity index (χ0) is 12.1. The van der Waals surface area contributed by atoms with Crippen molar-refractivity contribution < 1.29 is 14.7 Å². The number of aliphatic carboxylic acids is 1. The fourth-order valence-electron chi connectivity index (χ4n) is 0.922. The quantitative estimate of drug-likeness (QED) is 0.821. The summed E-state index contributed by atoms with van der Waals surface area (Å²) >= 11 is 11.5. The summed E-state index contributed by atoms with van der Waals surface area (Å²) < 4.78 is 0. The number of carboxylic acid groups (broad SMARTS) is 1. The Hall–Kier alpha value is -1.52. The van der Waals surface area contributed by atoms with E-state index in [1.165, 1.54) is 0 Å². The normalized spacial score (nSPS) is 10.4. The Morgan fingerprint density at radius 3 is 2.56 bits per heavy atom. The Balaban J connectivity index is 2.78. The average Bonchev–Trinajstić information content (AvgIpc) is 2.22. The van der Waals surface area contributed by atoms with E-state index in [9.17, 15) is 9.59 Å². The first-order valence-electron chi connectivity index (χ1n) is 4.16. The van der Waals surface area contributed by atoms with Crippen molar-refractivity contribution in [2.45, 2.75) is 0 Å². The topological polar surface area (TPSA) is 66.4 Å². The van der Waals surface area contributed by atoms with Crippen LogP contribution in [0.3, 0.4) is 0 Å². The molecule has 0 fully saturated rings. The molecule has 4 nitrogen and oxygen atoms in total. The van der Waals surface area contributed by atoms with Crippen LogP contribution in [0.25, 0.3) is 0 Å². The molecular weight excluding hydrogens is 253 g/mol. The summed E-state index contributed by atoms with van der Waals surface area (Å²) in [5.41, 5.74) is 0.328. The van der Waals surface area contributed by atoms with Gasteiger partial charge < -0.3 is 10.4 Å². The summed E-state index contributed by atoms with van der Waals surface area (Å²) in [6.07, 6.45) is 1.62. The lowest BCUT2D eigenvalue weighted by Crippen LogP contribution is -2.09. The molecule has 0 heterocycles. The second-order valence-electron chi connectivity index (χ2n) is 2.76. The predicted octanol–water partition coefficient (Wildman–Crippen LogP) is 2.57. The van der Waals surface area contributed by atoms with Crippen LogP contribution in [-0.2, 0) is 9.59 Å². The second-order valence-corrected chi connectivity index (χ2v) is 3.55. The Morgan fingerprint density at radius 2 is 1.94 bits per heavy atom. The van der Waals surface area contributed by atoms with Crippen LogP contribution in [0.5, 0.6) is 0 Å². The molecule has 0 radical (unpaired) electrons. The molecule has 0 saturated heterocycles. The van der Waals surface area contributed by atoms with Gasteiger partial charge in [0.2, 0.25) is 5.91 Å². The second kappa shape index (κ2) is 5.53. The first kappa shape index (κ1) is 12.5. The molecule has 84 valence electrons. The van der Waals surface area contributed by atoms with Gasteiger partial charge in [0.25, 0.3) is 0 Å². The number of hydrogen-bond acceptors (Lipinski definition) is 2. The van der Waals surface area contributed by atoms with Crippen LogP contribution in [-0.4, -0.2) is 17.0 Å². The van der Waals surface area contributed by atoms with Crippen LogP contribution < -0.4 is 5.32 Å². The number of nitrogens with one attached hydrogen (secondary N) is 1. The van der Waals surface area contributed by atoms with Crippen molar-refractivity contribution in [1.82, 2.24) is 0 Å². The highest BCUT2D eigenvalue weighted by atomic mass is 35.5. The third kappa shape index (κ3) is 3.56. The number of benzene rings is 1. The minimum absolute atomic E-state index is 0.209. The van der Waals surface area contributed by atoms with E-state index in [1.54, 1.807) is 18.2 Å². The van der Waals surface area contributed by atoms with Gasteiger partial charge in [0.1, 0.15) is 0 Å². The number of carboxylic acids is 1. The molecule has 0 aromatic heterocycles. The van der Waals surface area contributed by atoms with E-state index >= 15 is 0 Å². The number of hydrogen-bond donors (Lipinski definition) is 2. The molecule has 0 spiro atoms. The fraction of sp³-hybridized carbons (Fsp3) is 0. The number of anilines is 1. The monoisotopic (exact) mass is 259 g/mol. The van der Waals surface area contributed by atoms with E-state index < -0.39 is 11.9 Å². The van der Waals surface area contributed by atoms with E-state index in [0.717, 1.165) is 12.2 Å². The Labute approximate surface area is 101 Å². The molecule has 0 aliphatic rings. The molecule has 0 aliphatic heterocycles. The minimum Gasteiger partial charge on any atom is -0.478 e. The molecule has 1 aromatic carbocycles. The maximum Gasteiger partial charge on any atom is 0.328 e. The minimum atomic E-state index is -1.20. The average molecular weight is 260 g/mol. The Kier molecular flexibility index (Phi) is 4.34. The SMILES string of the molecule is O=C(O)/C=C\C(=O)Nc1cccc(Cl)c1Cl. The Bertz CT molecular complexity index is 457. The van der Waals surface area contributed by atoms with Crippen molar-refractivity contribution >= 4 is 40.8 Å². The first-order valence-corrected chi connectivity index (χ1v) is 4.92. The summed E-state index contributed by atoms with van der Waals surface area (Å²) in [5, 5.41) is 11.2. The van der Waals surface area contributed by atoms with Crippen LogP contribution in [0.4, 0.5) is 5.69 Å². The van der Waals surface area contributed by atoms with Crippen molar-refractivity contribution in [2.24, 2.45) is 0 Å². The lowest BCUT2D eigenvalue weighted by Gasteiger charge is -2.05. The molecule has 0 unspecified atom stereocenters. The smallest absolute Gasteiger partial charge is 0.328 e. The third-order valence-electron chi connectivity index (χ3n) is 1.59. The van der Waals surface area contributed by atoms with Crippen molar-refractivity contribution in [3.63, 3.8) is 0 Å². The molecule has 0 saturated carbocycles. The van der Waals surface area contributed by atoms with Gasteiger partial charge in [-0.15, -0.1) is 0 Å². The van der Waals surface area contributed by atoms with Gasteiger partial charge in [-0.05, 0) is 12.1 Å². The largest absolute Gasteiger partial charge is 0.478 e. The van der Waals surface area contributed by atoms with Crippen LogP contribution in [0.15, 0.2) is 30.4 Å². The molecule has 1 rings (SSSR count). The van der Waals surface area contributed by atoms with Crippen LogP contribution in [0.1, 0.15) is 0 Å². The zero-order valence-electron chi connectivity index (χ0n) is 7.91. The standard InChI is InChI=1S/C10H7Cl2NO3/c11-6-2-1-3-7(10(6)12)13-8(14)4-5-9(15)16/h1-5H,(H,13,14)(H,15,16)/b5-4-. The predicted molar refractivity (Wildman–Crippen MR) is 61.9 cm³/mol. The molecule has 0 bridgehead atoms. The van der Waals surface area contributed by atoms with E-state index in [0.29, 0.717) is 10.7 Å². The molecule has 1 aromatic rings. The van der Waals surface area contributed by atoms with Crippen LogP contribution >= 0.6 is 23.2 Å². The molecule has 16 heavy (non-hydrogen) atoms. The number of carbonyl (C=O) groups is 2. The van der Waals surface area contributed by atoms with Crippen molar-refractivity contribution in [3.8, 4) is 0 Å². The summed E-state index contributed by atoms with van der Waals surface area (Å²) in [7, 11) is 0. The summed E-state index contributed by atoms with van der Waals surface area (Å²) in [5.74, 6) is -1.79. The number of carbonyl (C=O) groups excluding carboxylic acids is 1. The fourth-order valence-corrected chi connectivity index (χ4v) is 1.27. The molecular formula is C10H7Cl2NO3. The first-order chi connectivity index (χ1) is 7.50. The summed E-state index contributed by atoms with van der Waals surface area (Å²) in [6.45, 7) is 0. The highest BCUT2D eigenvalue weighted by Gasteiger charge is 2.06. The Morgan fingerprint density at radius 1 is 1.25 bits per heavy atom. The van der Waals surface area contributed by atoms with Gasteiger partial charge in [-0.2, -0.15) is 0 Å². The van der Waals surface area contributed by atoms with E-state index in [-0.39, 0.29) is 5.02 Å². The van der Waals surface area contributed by atoms with Crippen molar-refractivity contribution in [2.75, 3.05) is 5.32 Å². The van der Waals surface area contributed by atoms with Gasteiger partial charge >= 0.3 is 5.97 Å². The number of rotatable bonds is 3. The van der Waals surface area contributed by atoms with E-state index in [1.807, 2.05) is 0 Å². The molecule has 2 N–H and O–H groups in total. The highest BCUT2D eigenvalue weighted by molar-refractivity contribution is 6.44. The van der Waals surface area contributed by atoms with E-state index in [4.69, 9.17) is 28.3 Å². The van der Waals surface area contributed by atoms with Gasteiger partial charge in [-0.3, -0.25) is 4.79 Å². The van der Waals surface area contributed by atoms with Crippen LogP contribution in [0.2, 0.25) is 10.0 Å². The van der Waals surface area contributed by atoms with Gasteiger partial charge in [-0.25, -0.2) is 4.79 Å². The lowest BCUT2D eigenvalue weighted by molar-refractivity contribution is -0.131. The number of halogens is 2. The van der Waals surface area contributed by atoms with Crippen molar-refractivity contribution in [3.05, 3.63) is 40.4 Å². The van der Waals surface area contributed by atoms with Gasteiger partial charge in [-0.1, -0.05) is 29.3 Å². The van der Waals surface area contributed by atoms with Gasteiger partial charge in [0, 0.05) is 12.2 Å². The maximum absolute atomic E-state index is 11.2. The third-order valence-corrected chi connectivity index (χ3v) is 2.41. The van der Waals surface area contributed by atoms with Gasteiger partial charge in [0.05, 0.1) is 15.7 Å². The summed E-state index contributed by atoms with van der Waals surface area (Å²) in [4.78, 5) is 21.4. The molecule has 0 aliphatic carbocycles. The zero-order valence-corrected chi connectivity index (χ0v) is 9.42. The number of amides is 1.